The second-order valence-corrected chi connectivity index (χ2v) is 5.20. The first-order chi connectivity index (χ1) is 10.1. The van der Waals surface area contributed by atoms with Crippen molar-refractivity contribution in [1.29, 1.82) is 0 Å². The third-order valence-electron chi connectivity index (χ3n) is 3.28. The smallest absolute Gasteiger partial charge is 0.416 e. The van der Waals surface area contributed by atoms with E-state index in [4.69, 9.17) is 5.11 Å². The third-order valence-corrected chi connectivity index (χ3v) is 3.28. The number of halogens is 3. The molecule has 1 N–H and O–H groups in total. The Bertz CT molecular complexity index is 526. The van der Waals surface area contributed by atoms with Gasteiger partial charge in [-0.25, -0.2) is 0 Å². The average molecular weight is 317 g/mol. The van der Waals surface area contributed by atoms with Crippen molar-refractivity contribution in [1.82, 2.24) is 4.90 Å². The van der Waals surface area contributed by atoms with Crippen LogP contribution in [0.1, 0.15) is 24.5 Å². The zero-order valence-corrected chi connectivity index (χ0v) is 12.4. The largest absolute Gasteiger partial charge is 0.481 e. The maximum absolute atomic E-state index is 12.5. The first-order valence-corrected chi connectivity index (χ1v) is 6.74. The van der Waals surface area contributed by atoms with E-state index in [2.05, 4.69) is 0 Å². The van der Waals surface area contributed by atoms with Crippen molar-refractivity contribution in [3.63, 3.8) is 0 Å². The summed E-state index contributed by atoms with van der Waals surface area (Å²) in [6.45, 7) is 1.77. The van der Waals surface area contributed by atoms with Gasteiger partial charge >= 0.3 is 12.1 Å². The van der Waals surface area contributed by atoms with Crippen LogP contribution in [0.15, 0.2) is 24.3 Å². The summed E-state index contributed by atoms with van der Waals surface area (Å²) < 4.78 is 37.4. The Kier molecular flexibility index (Phi) is 5.96. The van der Waals surface area contributed by atoms with Crippen LogP contribution in [-0.2, 0) is 22.2 Å². The Balaban J connectivity index is 2.62. The van der Waals surface area contributed by atoms with Crippen LogP contribution in [0, 0.1) is 5.92 Å². The van der Waals surface area contributed by atoms with Crippen molar-refractivity contribution in [3.05, 3.63) is 35.4 Å². The zero-order valence-electron chi connectivity index (χ0n) is 12.4. The lowest BCUT2D eigenvalue weighted by Crippen LogP contribution is -2.34. The molecule has 0 aliphatic heterocycles. The molecule has 0 saturated carbocycles. The minimum absolute atomic E-state index is 0.103. The summed E-state index contributed by atoms with van der Waals surface area (Å²) >= 11 is 0. The number of aliphatic carboxylic acids is 1. The lowest BCUT2D eigenvalue weighted by molar-refractivity contribution is -0.139. The topological polar surface area (TPSA) is 57.6 Å². The SMILES string of the molecule is CC(Cc1ccc(C(F)(F)F)cc1)C(=O)N(C)CCC(=O)O. The Morgan fingerprint density at radius 1 is 1.23 bits per heavy atom. The summed E-state index contributed by atoms with van der Waals surface area (Å²) in [5, 5.41) is 8.58. The van der Waals surface area contributed by atoms with Crippen LogP contribution >= 0.6 is 0 Å². The number of rotatable bonds is 6. The molecule has 1 aromatic rings. The normalized spacial score (nSPS) is 12.8. The molecule has 0 aliphatic rings. The monoisotopic (exact) mass is 317 g/mol. The maximum Gasteiger partial charge on any atom is 0.416 e. The van der Waals surface area contributed by atoms with Gasteiger partial charge in [-0.3, -0.25) is 9.59 Å². The van der Waals surface area contributed by atoms with Crippen LogP contribution < -0.4 is 0 Å². The molecule has 4 nitrogen and oxygen atoms in total. The number of benzene rings is 1. The molecular weight excluding hydrogens is 299 g/mol. The lowest BCUT2D eigenvalue weighted by atomic mass is 9.99. The molecule has 1 unspecified atom stereocenters. The van der Waals surface area contributed by atoms with Crippen LogP contribution in [0.2, 0.25) is 0 Å². The van der Waals surface area contributed by atoms with E-state index in [1.54, 1.807) is 6.92 Å². The predicted molar refractivity (Wildman–Crippen MR) is 74.2 cm³/mol. The predicted octanol–water partition coefficient (Wildman–Crippen LogP) is 2.82. The van der Waals surface area contributed by atoms with Gasteiger partial charge in [-0.2, -0.15) is 13.2 Å². The second kappa shape index (κ2) is 7.29. The lowest BCUT2D eigenvalue weighted by Gasteiger charge is -2.21. The molecule has 1 aromatic carbocycles. The van der Waals surface area contributed by atoms with Crippen LogP contribution in [-0.4, -0.2) is 35.5 Å². The van der Waals surface area contributed by atoms with Crippen molar-refractivity contribution < 1.29 is 27.9 Å². The van der Waals surface area contributed by atoms with E-state index in [9.17, 15) is 22.8 Å². The first kappa shape index (κ1) is 18.0. The summed E-state index contributed by atoms with van der Waals surface area (Å²) in [4.78, 5) is 23.8. The minimum atomic E-state index is -4.38. The van der Waals surface area contributed by atoms with Crippen LogP contribution in [0.3, 0.4) is 0 Å². The summed E-state index contributed by atoms with van der Waals surface area (Å²) in [5.41, 5.74) is -0.103. The molecule has 1 amide bonds. The molecule has 0 radical (unpaired) electrons. The van der Waals surface area contributed by atoms with Crippen molar-refractivity contribution in [2.45, 2.75) is 25.9 Å². The molecule has 0 aliphatic carbocycles. The number of nitrogens with zero attached hydrogens (tertiary/aromatic N) is 1. The number of carbonyl (C=O) groups is 2. The van der Waals surface area contributed by atoms with E-state index < -0.39 is 23.6 Å². The molecule has 1 rings (SSSR count). The maximum atomic E-state index is 12.5. The summed E-state index contributed by atoms with van der Waals surface area (Å²) in [5.74, 6) is -1.66. The molecule has 0 spiro atoms. The fourth-order valence-electron chi connectivity index (χ4n) is 2.02. The molecule has 0 fully saturated rings. The van der Waals surface area contributed by atoms with E-state index in [1.165, 1.54) is 24.1 Å². The highest BCUT2D eigenvalue weighted by molar-refractivity contribution is 5.79. The highest BCUT2D eigenvalue weighted by Gasteiger charge is 2.30. The van der Waals surface area contributed by atoms with Crippen molar-refractivity contribution in [3.8, 4) is 0 Å². The molecule has 122 valence electrons. The summed E-state index contributed by atoms with van der Waals surface area (Å²) in [7, 11) is 1.51. The molecule has 7 heteroatoms. The van der Waals surface area contributed by atoms with E-state index in [1.807, 2.05) is 0 Å². The molecule has 0 saturated heterocycles. The van der Waals surface area contributed by atoms with Gasteiger partial charge in [0.1, 0.15) is 0 Å². The molecule has 22 heavy (non-hydrogen) atoms. The second-order valence-electron chi connectivity index (χ2n) is 5.20. The highest BCUT2D eigenvalue weighted by atomic mass is 19.4. The molecular formula is C15H18F3NO3. The van der Waals surface area contributed by atoms with Crippen molar-refractivity contribution in [2.75, 3.05) is 13.6 Å². The Morgan fingerprint density at radius 3 is 2.23 bits per heavy atom. The van der Waals surface area contributed by atoms with Gasteiger partial charge in [0, 0.05) is 19.5 Å². The quantitative estimate of drug-likeness (QED) is 0.878. The van der Waals surface area contributed by atoms with E-state index in [-0.39, 0.29) is 18.9 Å². The molecule has 0 bridgehead atoms. The number of carbonyl (C=O) groups excluding carboxylic acids is 1. The van der Waals surface area contributed by atoms with E-state index in [0.29, 0.717) is 12.0 Å². The molecule has 0 aromatic heterocycles. The van der Waals surface area contributed by atoms with Crippen molar-refractivity contribution >= 4 is 11.9 Å². The fourth-order valence-corrected chi connectivity index (χ4v) is 2.02. The number of hydrogen-bond acceptors (Lipinski definition) is 2. The number of amides is 1. The number of carboxylic acid groups (broad SMARTS) is 1. The van der Waals surface area contributed by atoms with Crippen LogP contribution in [0.25, 0.3) is 0 Å². The molecule has 0 heterocycles. The number of alkyl halides is 3. The standard InChI is InChI=1S/C15H18F3NO3/c1-10(14(22)19(2)8-7-13(20)21)9-11-3-5-12(6-4-11)15(16,17)18/h3-6,10H,7-9H2,1-2H3,(H,20,21). The van der Waals surface area contributed by atoms with Crippen molar-refractivity contribution in [2.24, 2.45) is 5.92 Å². The van der Waals surface area contributed by atoms with Crippen LogP contribution in [0.5, 0.6) is 0 Å². The van der Waals surface area contributed by atoms with E-state index >= 15 is 0 Å². The summed E-state index contributed by atoms with van der Waals surface area (Å²) in [6.07, 6.45) is -4.22. The minimum Gasteiger partial charge on any atom is -0.481 e. The third kappa shape index (κ3) is 5.38. The van der Waals surface area contributed by atoms with Gasteiger partial charge in [-0.05, 0) is 24.1 Å². The summed E-state index contributed by atoms with van der Waals surface area (Å²) in [6, 6.07) is 4.68. The Labute approximate surface area is 126 Å². The Hall–Kier alpha value is -2.05. The van der Waals surface area contributed by atoms with Gasteiger partial charge in [-0.15, -0.1) is 0 Å². The van der Waals surface area contributed by atoms with Gasteiger partial charge in [0.15, 0.2) is 0 Å². The first-order valence-electron chi connectivity index (χ1n) is 6.74. The van der Waals surface area contributed by atoms with Gasteiger partial charge in [-0.1, -0.05) is 19.1 Å². The highest BCUT2D eigenvalue weighted by Crippen LogP contribution is 2.29. The fraction of sp³-hybridized carbons (Fsp3) is 0.467. The van der Waals surface area contributed by atoms with Gasteiger partial charge in [0.2, 0.25) is 5.91 Å². The van der Waals surface area contributed by atoms with Crippen LogP contribution in [0.4, 0.5) is 13.2 Å². The number of carboxylic acids is 1. The molecule has 1 atom stereocenters. The van der Waals surface area contributed by atoms with Gasteiger partial charge in [0.25, 0.3) is 0 Å². The Morgan fingerprint density at radius 2 is 1.77 bits per heavy atom. The van der Waals surface area contributed by atoms with Gasteiger partial charge in [0.05, 0.1) is 12.0 Å². The zero-order chi connectivity index (χ0) is 16.9. The average Bonchev–Trinajstić information content (AvgIpc) is 2.43. The van der Waals surface area contributed by atoms with Gasteiger partial charge < -0.3 is 10.0 Å². The number of hydrogen-bond donors (Lipinski definition) is 1. The van der Waals surface area contributed by atoms with E-state index in [0.717, 1.165) is 12.1 Å².